The van der Waals surface area contributed by atoms with Crippen LogP contribution in [-0.4, -0.2) is 23.2 Å². The molecule has 0 bridgehead atoms. The number of para-hydroxylation sites is 2. The van der Waals surface area contributed by atoms with E-state index in [2.05, 4.69) is 15.5 Å². The first-order chi connectivity index (χ1) is 14.1. The van der Waals surface area contributed by atoms with Gasteiger partial charge in [-0.15, -0.1) is 10.2 Å². The molecule has 0 fully saturated rings. The summed E-state index contributed by atoms with van der Waals surface area (Å²) in [5.74, 6) is -1.33. The van der Waals surface area contributed by atoms with Crippen molar-refractivity contribution in [2.45, 2.75) is 0 Å². The van der Waals surface area contributed by atoms with Crippen LogP contribution < -0.4 is 10.2 Å². The van der Waals surface area contributed by atoms with Gasteiger partial charge in [-0.2, -0.15) is 0 Å². The second-order valence-electron chi connectivity index (χ2n) is 6.53. The summed E-state index contributed by atoms with van der Waals surface area (Å²) in [6.07, 6.45) is 0. The van der Waals surface area contributed by atoms with Gasteiger partial charge < -0.3 is 5.32 Å². The van der Waals surface area contributed by atoms with Crippen LogP contribution in [0.3, 0.4) is 0 Å². The number of nitrogens with one attached hydrogen (secondary N) is 1. The number of hydrogen-bond acceptors (Lipinski definition) is 4. The zero-order chi connectivity index (χ0) is 20.0. The second kappa shape index (κ2) is 6.49. The molecule has 0 saturated heterocycles. The molecule has 2 aliphatic heterocycles. The van der Waals surface area contributed by atoms with Crippen molar-refractivity contribution in [1.82, 2.24) is 0 Å². The highest BCUT2D eigenvalue weighted by atomic mass is 19.1. The van der Waals surface area contributed by atoms with E-state index in [1.54, 1.807) is 17.0 Å². The van der Waals surface area contributed by atoms with Gasteiger partial charge in [-0.05, 0) is 36.4 Å². The SMILES string of the molecule is O=C1Nc2ccc(F)cc2/C1=N/N=C1\C(=O)N(c2ccccc2)c2ccccc21. The average Bonchev–Trinajstić information content (AvgIpc) is 3.19. The highest BCUT2D eigenvalue weighted by molar-refractivity contribution is 6.56. The third kappa shape index (κ3) is 2.71. The van der Waals surface area contributed by atoms with E-state index in [4.69, 9.17) is 0 Å². The normalized spacial score (nSPS) is 17.6. The molecular formula is C22H13FN4O2. The number of hydrogen-bond donors (Lipinski definition) is 1. The Morgan fingerprint density at radius 2 is 1.52 bits per heavy atom. The Balaban J connectivity index is 1.61. The number of halogens is 1. The molecule has 7 heteroatoms. The van der Waals surface area contributed by atoms with Crippen molar-refractivity contribution < 1.29 is 14.0 Å². The summed E-state index contributed by atoms with van der Waals surface area (Å²) in [6, 6.07) is 20.4. The van der Waals surface area contributed by atoms with Gasteiger partial charge in [0.05, 0.1) is 11.4 Å². The molecule has 6 nitrogen and oxygen atoms in total. The molecule has 0 radical (unpaired) electrons. The maximum Gasteiger partial charge on any atom is 0.284 e. The number of fused-ring (bicyclic) bond motifs is 2. The number of carbonyl (C=O) groups is 2. The minimum atomic E-state index is -0.492. The molecule has 3 aromatic carbocycles. The molecule has 5 rings (SSSR count). The van der Waals surface area contributed by atoms with Gasteiger partial charge >= 0.3 is 0 Å². The first kappa shape index (κ1) is 17.0. The summed E-state index contributed by atoms with van der Waals surface area (Å²) < 4.78 is 13.6. The topological polar surface area (TPSA) is 74.1 Å². The molecule has 0 atom stereocenters. The Bertz CT molecular complexity index is 1230. The highest BCUT2D eigenvalue weighted by Gasteiger charge is 2.35. The lowest BCUT2D eigenvalue weighted by molar-refractivity contribution is -0.112. The lowest BCUT2D eigenvalue weighted by Crippen LogP contribution is -2.25. The van der Waals surface area contributed by atoms with Crippen LogP contribution in [0.15, 0.2) is 83.0 Å². The van der Waals surface area contributed by atoms with Gasteiger partial charge in [0.2, 0.25) is 0 Å². The van der Waals surface area contributed by atoms with E-state index >= 15 is 0 Å². The number of nitrogens with zero attached hydrogens (tertiary/aromatic N) is 3. The third-order valence-corrected chi connectivity index (χ3v) is 4.77. The molecule has 0 aromatic heterocycles. The molecule has 29 heavy (non-hydrogen) atoms. The lowest BCUT2D eigenvalue weighted by Gasteiger charge is -2.16. The summed E-state index contributed by atoms with van der Waals surface area (Å²) in [5, 5.41) is 10.8. The van der Waals surface area contributed by atoms with Gasteiger partial charge in [-0.1, -0.05) is 36.4 Å². The maximum absolute atomic E-state index is 13.6. The van der Waals surface area contributed by atoms with E-state index in [9.17, 15) is 14.0 Å². The van der Waals surface area contributed by atoms with E-state index in [1.165, 1.54) is 18.2 Å². The Labute approximate surface area is 165 Å². The Kier molecular flexibility index (Phi) is 3.80. The first-order valence-electron chi connectivity index (χ1n) is 8.89. The van der Waals surface area contributed by atoms with Crippen LogP contribution in [0.25, 0.3) is 0 Å². The molecule has 2 heterocycles. The monoisotopic (exact) mass is 384 g/mol. The first-order valence-corrected chi connectivity index (χ1v) is 8.89. The molecule has 0 saturated carbocycles. The van der Waals surface area contributed by atoms with Crippen LogP contribution >= 0.6 is 0 Å². The molecule has 2 amide bonds. The van der Waals surface area contributed by atoms with Gasteiger partial charge in [0.1, 0.15) is 5.82 Å². The lowest BCUT2D eigenvalue weighted by atomic mass is 10.1. The summed E-state index contributed by atoms with van der Waals surface area (Å²) in [6.45, 7) is 0. The summed E-state index contributed by atoms with van der Waals surface area (Å²) in [5.41, 5.74) is 2.87. The average molecular weight is 384 g/mol. The van der Waals surface area contributed by atoms with Crippen molar-refractivity contribution in [3.05, 3.63) is 89.7 Å². The van der Waals surface area contributed by atoms with Crippen LogP contribution in [0.2, 0.25) is 0 Å². The molecule has 0 spiro atoms. The molecule has 0 aliphatic carbocycles. The Morgan fingerprint density at radius 3 is 2.34 bits per heavy atom. The summed E-state index contributed by atoms with van der Waals surface area (Å²) in [4.78, 5) is 26.9. The van der Waals surface area contributed by atoms with Gasteiger partial charge in [-0.25, -0.2) is 4.39 Å². The number of anilines is 3. The standard InChI is InChI=1S/C22H13FN4O2/c23-13-10-11-17-16(12-13)19(21(28)24-17)25-26-20-15-8-4-5-9-18(15)27(22(20)29)14-6-2-1-3-7-14/h1-12H,(H,24,25,28)/b26-20-. The highest BCUT2D eigenvalue weighted by Crippen LogP contribution is 2.35. The van der Waals surface area contributed by atoms with Crippen LogP contribution in [0.4, 0.5) is 21.5 Å². The fourth-order valence-electron chi connectivity index (χ4n) is 3.45. The number of benzene rings is 3. The van der Waals surface area contributed by atoms with Crippen molar-refractivity contribution in [1.29, 1.82) is 0 Å². The summed E-state index contributed by atoms with van der Waals surface area (Å²) >= 11 is 0. The van der Waals surface area contributed by atoms with E-state index in [1.807, 2.05) is 42.5 Å². The zero-order valence-electron chi connectivity index (χ0n) is 15.0. The van der Waals surface area contributed by atoms with Crippen LogP contribution in [-0.2, 0) is 9.59 Å². The molecule has 3 aromatic rings. The predicted octanol–water partition coefficient (Wildman–Crippen LogP) is 3.65. The van der Waals surface area contributed by atoms with E-state index < -0.39 is 11.7 Å². The smallest absolute Gasteiger partial charge is 0.284 e. The van der Waals surface area contributed by atoms with Crippen molar-refractivity contribution in [2.24, 2.45) is 10.2 Å². The van der Waals surface area contributed by atoms with E-state index in [0.717, 1.165) is 0 Å². The van der Waals surface area contributed by atoms with Gasteiger partial charge in [0, 0.05) is 16.8 Å². The molecule has 1 N–H and O–H groups in total. The number of carbonyl (C=O) groups excluding carboxylic acids is 2. The van der Waals surface area contributed by atoms with Gasteiger partial charge in [0.15, 0.2) is 11.4 Å². The van der Waals surface area contributed by atoms with E-state index in [0.29, 0.717) is 28.2 Å². The van der Waals surface area contributed by atoms with Crippen LogP contribution in [0.5, 0.6) is 0 Å². The minimum absolute atomic E-state index is 0.0320. The fraction of sp³-hybridized carbons (Fsp3) is 0. The predicted molar refractivity (Wildman–Crippen MR) is 108 cm³/mol. The number of amides is 2. The van der Waals surface area contributed by atoms with Crippen LogP contribution in [0, 0.1) is 5.82 Å². The van der Waals surface area contributed by atoms with Crippen molar-refractivity contribution in [3.63, 3.8) is 0 Å². The Hall–Kier alpha value is -4.13. The largest absolute Gasteiger partial charge is 0.320 e. The van der Waals surface area contributed by atoms with Gasteiger partial charge in [0.25, 0.3) is 11.8 Å². The molecule has 140 valence electrons. The molecule has 2 aliphatic rings. The number of rotatable bonds is 2. The van der Waals surface area contributed by atoms with Gasteiger partial charge in [-0.3, -0.25) is 14.5 Å². The van der Waals surface area contributed by atoms with Crippen molar-refractivity contribution in [3.8, 4) is 0 Å². The minimum Gasteiger partial charge on any atom is -0.320 e. The maximum atomic E-state index is 13.6. The quantitative estimate of drug-likeness (QED) is 0.685. The third-order valence-electron chi connectivity index (χ3n) is 4.77. The van der Waals surface area contributed by atoms with Crippen molar-refractivity contribution in [2.75, 3.05) is 10.2 Å². The second-order valence-corrected chi connectivity index (χ2v) is 6.53. The fourth-order valence-corrected chi connectivity index (χ4v) is 3.45. The van der Waals surface area contributed by atoms with Crippen molar-refractivity contribution >= 4 is 40.3 Å². The Morgan fingerprint density at radius 1 is 0.793 bits per heavy atom. The zero-order valence-corrected chi connectivity index (χ0v) is 15.0. The molecule has 0 unspecified atom stereocenters. The summed E-state index contributed by atoms with van der Waals surface area (Å²) in [7, 11) is 0. The van der Waals surface area contributed by atoms with Crippen LogP contribution in [0.1, 0.15) is 11.1 Å². The molecular weight excluding hydrogens is 371 g/mol. The van der Waals surface area contributed by atoms with E-state index in [-0.39, 0.29) is 17.3 Å².